The van der Waals surface area contributed by atoms with Gasteiger partial charge in [0.1, 0.15) is 5.75 Å². The van der Waals surface area contributed by atoms with Gasteiger partial charge in [0.05, 0.1) is 17.6 Å². The molecule has 1 amide bonds. The van der Waals surface area contributed by atoms with Crippen LogP contribution in [0.2, 0.25) is 0 Å². The van der Waals surface area contributed by atoms with Gasteiger partial charge in [0.25, 0.3) is 11.6 Å². The third-order valence-electron chi connectivity index (χ3n) is 5.80. The van der Waals surface area contributed by atoms with Crippen molar-refractivity contribution in [2.45, 2.75) is 38.8 Å². The number of aromatic nitrogens is 1. The first-order chi connectivity index (χ1) is 15.6. The summed E-state index contributed by atoms with van der Waals surface area (Å²) in [6, 6.07) is 17.5. The van der Waals surface area contributed by atoms with Gasteiger partial charge in [-0.2, -0.15) is 0 Å². The number of nitrogens with zero attached hydrogens (tertiary/aromatic N) is 3. The first kappa shape index (κ1) is 21.6. The molecule has 7 nitrogen and oxygen atoms in total. The van der Waals surface area contributed by atoms with Crippen molar-refractivity contribution in [3.63, 3.8) is 0 Å². The molecule has 3 aromatic rings. The summed E-state index contributed by atoms with van der Waals surface area (Å²) in [7, 11) is 0. The number of fused-ring (bicyclic) bond motifs is 1. The van der Waals surface area contributed by atoms with Crippen LogP contribution >= 0.6 is 0 Å². The second kappa shape index (κ2) is 9.68. The van der Waals surface area contributed by atoms with Gasteiger partial charge in [-0.15, -0.1) is 0 Å². The van der Waals surface area contributed by atoms with E-state index in [1.165, 1.54) is 12.1 Å². The zero-order valence-electron chi connectivity index (χ0n) is 18.1. The third-order valence-corrected chi connectivity index (χ3v) is 5.80. The van der Waals surface area contributed by atoms with Gasteiger partial charge in [0.2, 0.25) is 0 Å². The number of benzene rings is 2. The third kappa shape index (κ3) is 4.51. The van der Waals surface area contributed by atoms with E-state index in [9.17, 15) is 14.9 Å². The number of rotatable bonds is 7. The Morgan fingerprint density at radius 3 is 2.53 bits per heavy atom. The van der Waals surface area contributed by atoms with Gasteiger partial charge >= 0.3 is 0 Å². The molecule has 1 unspecified atom stereocenters. The van der Waals surface area contributed by atoms with E-state index < -0.39 is 4.92 Å². The Morgan fingerprint density at radius 1 is 1.09 bits per heavy atom. The standard InChI is InChI=1S/C25H27N3O4/c1-2-3-18-32-22-13-9-20(10-14-22)25(29)27-17-5-16-26-15-4-6-23(26)24(27)19-7-11-21(12-8-19)28(30)31/h4,6-15,24H,2-3,5,16-18H2,1H3. The number of carbonyl (C=O) groups is 1. The predicted molar refractivity (Wildman–Crippen MR) is 122 cm³/mol. The summed E-state index contributed by atoms with van der Waals surface area (Å²) in [5.41, 5.74) is 2.49. The lowest BCUT2D eigenvalue weighted by Gasteiger charge is -2.31. The summed E-state index contributed by atoms with van der Waals surface area (Å²) in [6.45, 7) is 4.19. The van der Waals surface area contributed by atoms with Crippen molar-refractivity contribution in [3.05, 3.63) is 93.8 Å². The molecule has 0 saturated carbocycles. The van der Waals surface area contributed by atoms with Crippen molar-refractivity contribution in [1.82, 2.24) is 9.47 Å². The molecule has 166 valence electrons. The Labute approximate surface area is 187 Å². The topological polar surface area (TPSA) is 77.6 Å². The highest BCUT2D eigenvalue weighted by Gasteiger charge is 2.31. The van der Waals surface area contributed by atoms with E-state index in [0.29, 0.717) is 18.7 Å². The summed E-state index contributed by atoms with van der Waals surface area (Å²) in [5, 5.41) is 11.1. The number of hydrogen-bond donors (Lipinski definition) is 0. The van der Waals surface area contributed by atoms with Gasteiger partial charge in [-0.3, -0.25) is 14.9 Å². The van der Waals surface area contributed by atoms with Crippen LogP contribution in [0.1, 0.15) is 53.8 Å². The largest absolute Gasteiger partial charge is 0.494 e. The molecular weight excluding hydrogens is 406 g/mol. The maximum absolute atomic E-state index is 13.6. The van der Waals surface area contributed by atoms with E-state index in [-0.39, 0.29) is 17.6 Å². The number of hydrogen-bond acceptors (Lipinski definition) is 4. The summed E-state index contributed by atoms with van der Waals surface area (Å²) in [4.78, 5) is 26.1. The summed E-state index contributed by atoms with van der Waals surface area (Å²) >= 11 is 0. The number of unbranched alkanes of at least 4 members (excludes halogenated alkanes) is 1. The van der Waals surface area contributed by atoms with Crippen LogP contribution < -0.4 is 4.74 Å². The quantitative estimate of drug-likeness (QED) is 0.291. The van der Waals surface area contributed by atoms with Crippen LogP contribution in [0.25, 0.3) is 0 Å². The van der Waals surface area contributed by atoms with E-state index in [1.807, 2.05) is 35.4 Å². The average Bonchev–Trinajstić information content (AvgIpc) is 3.19. The van der Waals surface area contributed by atoms with Gasteiger partial charge in [-0.25, -0.2) is 0 Å². The van der Waals surface area contributed by atoms with Gasteiger partial charge < -0.3 is 14.2 Å². The Morgan fingerprint density at radius 2 is 1.84 bits per heavy atom. The molecule has 0 bridgehead atoms. The van der Waals surface area contributed by atoms with Gasteiger partial charge in [0.15, 0.2) is 0 Å². The molecule has 0 fully saturated rings. The maximum atomic E-state index is 13.6. The van der Waals surface area contributed by atoms with Gasteiger partial charge in [-0.1, -0.05) is 13.3 Å². The Bertz CT molecular complexity index is 1070. The Hall–Kier alpha value is -3.61. The van der Waals surface area contributed by atoms with Gasteiger partial charge in [-0.05, 0) is 66.9 Å². The first-order valence-corrected chi connectivity index (χ1v) is 11.0. The van der Waals surface area contributed by atoms with Crippen molar-refractivity contribution in [2.75, 3.05) is 13.2 Å². The molecule has 1 aliphatic heterocycles. The molecule has 0 N–H and O–H groups in total. The minimum absolute atomic E-state index is 0.0364. The minimum Gasteiger partial charge on any atom is -0.494 e. The molecule has 1 aliphatic rings. The molecule has 1 aromatic heterocycles. The molecule has 4 rings (SSSR count). The second-order valence-electron chi connectivity index (χ2n) is 7.96. The van der Waals surface area contributed by atoms with E-state index in [0.717, 1.165) is 42.8 Å². The number of non-ortho nitro benzene ring substituents is 1. The molecule has 7 heteroatoms. The number of carbonyl (C=O) groups excluding carboxylic acids is 1. The lowest BCUT2D eigenvalue weighted by atomic mass is 10.0. The number of nitro benzene ring substituents is 1. The molecule has 2 heterocycles. The maximum Gasteiger partial charge on any atom is 0.269 e. The van der Waals surface area contributed by atoms with Crippen molar-refractivity contribution in [1.29, 1.82) is 0 Å². The number of aryl methyl sites for hydroxylation is 1. The van der Waals surface area contributed by atoms with Crippen LogP contribution in [0.3, 0.4) is 0 Å². The lowest BCUT2D eigenvalue weighted by Crippen LogP contribution is -2.35. The monoisotopic (exact) mass is 433 g/mol. The normalized spacial score (nSPS) is 15.7. The van der Waals surface area contributed by atoms with Crippen LogP contribution in [0.15, 0.2) is 66.9 Å². The van der Waals surface area contributed by atoms with Crippen molar-refractivity contribution in [3.8, 4) is 5.75 Å². The molecule has 2 aromatic carbocycles. The fourth-order valence-electron chi connectivity index (χ4n) is 4.12. The predicted octanol–water partition coefficient (Wildman–Crippen LogP) is 5.21. The molecule has 0 spiro atoms. The molecular formula is C25H27N3O4. The summed E-state index contributed by atoms with van der Waals surface area (Å²) in [6.07, 6.45) is 4.90. The Kier molecular flexibility index (Phi) is 6.54. The zero-order valence-corrected chi connectivity index (χ0v) is 18.1. The van der Waals surface area contributed by atoms with Crippen LogP contribution in [-0.4, -0.2) is 33.4 Å². The van der Waals surface area contributed by atoms with Crippen LogP contribution in [0.4, 0.5) is 5.69 Å². The van der Waals surface area contributed by atoms with Crippen molar-refractivity contribution < 1.29 is 14.5 Å². The smallest absolute Gasteiger partial charge is 0.269 e. The second-order valence-corrected chi connectivity index (χ2v) is 7.96. The highest BCUT2D eigenvalue weighted by molar-refractivity contribution is 5.95. The van der Waals surface area contributed by atoms with Gasteiger partial charge in [0, 0.05) is 42.7 Å². The first-order valence-electron chi connectivity index (χ1n) is 11.0. The average molecular weight is 434 g/mol. The Balaban J connectivity index is 1.64. The fraction of sp³-hybridized carbons (Fsp3) is 0.320. The number of ether oxygens (including phenoxy) is 1. The van der Waals surface area contributed by atoms with E-state index in [2.05, 4.69) is 11.5 Å². The van der Waals surface area contributed by atoms with Crippen molar-refractivity contribution >= 4 is 11.6 Å². The SMILES string of the molecule is CCCCOc1ccc(C(=O)N2CCCn3cccc3C2c2ccc([N+](=O)[O-])cc2)cc1. The minimum atomic E-state index is -0.410. The molecule has 0 radical (unpaired) electrons. The highest BCUT2D eigenvalue weighted by Crippen LogP contribution is 2.34. The van der Waals surface area contributed by atoms with Crippen LogP contribution in [-0.2, 0) is 6.54 Å². The zero-order chi connectivity index (χ0) is 22.5. The summed E-state index contributed by atoms with van der Waals surface area (Å²) in [5.74, 6) is 0.690. The fourth-order valence-corrected chi connectivity index (χ4v) is 4.12. The van der Waals surface area contributed by atoms with Crippen molar-refractivity contribution in [2.24, 2.45) is 0 Å². The highest BCUT2D eigenvalue weighted by atomic mass is 16.6. The van der Waals surface area contributed by atoms with E-state index >= 15 is 0 Å². The van der Waals surface area contributed by atoms with E-state index in [4.69, 9.17) is 4.74 Å². The lowest BCUT2D eigenvalue weighted by molar-refractivity contribution is -0.384. The molecule has 0 saturated heterocycles. The number of amides is 1. The molecule has 32 heavy (non-hydrogen) atoms. The molecule has 1 atom stereocenters. The number of nitro groups is 1. The van der Waals surface area contributed by atoms with Crippen LogP contribution in [0, 0.1) is 10.1 Å². The molecule has 0 aliphatic carbocycles. The summed E-state index contributed by atoms with van der Waals surface area (Å²) < 4.78 is 7.88. The van der Waals surface area contributed by atoms with E-state index in [1.54, 1.807) is 24.3 Å². The van der Waals surface area contributed by atoms with Crippen LogP contribution in [0.5, 0.6) is 5.75 Å².